The largest absolute Gasteiger partial charge is 0.480 e. The maximum Gasteiger partial charge on any atom is 0.409 e. The minimum atomic E-state index is -4.38. The second-order valence-electron chi connectivity index (χ2n) is 9.93. The number of hydrogen-bond acceptors (Lipinski definition) is 10. The lowest BCUT2D eigenvalue weighted by atomic mass is 10.0. The standard InChI is InChI=1S/C28H29ClFN7O6S/c1-4-43-28(39)37-10-8-18(9-11-37)33-27-32-14-16-12-20(26(38)36(2)24(16)34-27)19-6-5-7-21(23(19)30)35-44(40,41)22-13-17(29)15-31-25(22)42-3/h5-7,12-15,18,35H,4,8-11H2,1-3H3,(H,32,33,34). The van der Waals surface area contributed by atoms with Crippen LogP contribution in [0, 0.1) is 5.82 Å². The summed E-state index contributed by atoms with van der Waals surface area (Å²) in [5.41, 5.74) is -0.769. The molecule has 0 bridgehead atoms. The molecule has 0 radical (unpaired) electrons. The summed E-state index contributed by atoms with van der Waals surface area (Å²) in [6, 6.07) is 6.62. The zero-order chi connectivity index (χ0) is 31.6. The minimum absolute atomic E-state index is 0.0118. The number of pyridine rings is 2. The summed E-state index contributed by atoms with van der Waals surface area (Å²) in [5, 5.41) is 3.76. The zero-order valence-electron chi connectivity index (χ0n) is 24.0. The van der Waals surface area contributed by atoms with Gasteiger partial charge < -0.3 is 19.7 Å². The van der Waals surface area contributed by atoms with E-state index in [0.717, 1.165) is 6.07 Å². The van der Waals surface area contributed by atoms with E-state index in [1.807, 2.05) is 0 Å². The number of ether oxygens (including phenoxy) is 2. The molecular formula is C28H29ClFN7O6S. The first-order valence-corrected chi connectivity index (χ1v) is 15.4. The first-order valence-electron chi connectivity index (χ1n) is 13.6. The molecule has 0 atom stereocenters. The van der Waals surface area contributed by atoms with Crippen molar-refractivity contribution < 1.29 is 27.1 Å². The average molecular weight is 646 g/mol. The summed E-state index contributed by atoms with van der Waals surface area (Å²) in [6.07, 6.45) is 3.73. The minimum Gasteiger partial charge on any atom is -0.480 e. The summed E-state index contributed by atoms with van der Waals surface area (Å²) >= 11 is 5.93. The fraction of sp³-hybridized carbons (Fsp3) is 0.321. The van der Waals surface area contributed by atoms with Crippen LogP contribution in [0.2, 0.25) is 5.02 Å². The third-order valence-corrected chi connectivity index (χ3v) is 8.67. The van der Waals surface area contributed by atoms with Crippen molar-refractivity contribution in [3.8, 4) is 17.0 Å². The second kappa shape index (κ2) is 12.6. The number of benzene rings is 1. The van der Waals surface area contributed by atoms with Gasteiger partial charge in [0.15, 0.2) is 10.7 Å². The van der Waals surface area contributed by atoms with E-state index >= 15 is 4.39 Å². The van der Waals surface area contributed by atoms with E-state index in [1.165, 1.54) is 55.4 Å². The molecule has 1 aliphatic heterocycles. The molecular weight excluding hydrogens is 617 g/mol. The van der Waals surface area contributed by atoms with E-state index in [2.05, 4.69) is 25.0 Å². The van der Waals surface area contributed by atoms with Crippen LogP contribution in [-0.2, 0) is 21.8 Å². The fourth-order valence-corrected chi connectivity index (χ4v) is 6.31. The van der Waals surface area contributed by atoms with Crippen LogP contribution in [-0.4, -0.2) is 71.8 Å². The second-order valence-corrected chi connectivity index (χ2v) is 12.0. The first-order chi connectivity index (χ1) is 21.0. The van der Waals surface area contributed by atoms with Gasteiger partial charge in [0.25, 0.3) is 15.6 Å². The molecule has 1 amide bonds. The molecule has 1 aromatic carbocycles. The predicted molar refractivity (Wildman–Crippen MR) is 162 cm³/mol. The number of anilines is 2. The highest BCUT2D eigenvalue weighted by Gasteiger charge is 2.26. The Bertz CT molecular complexity index is 1900. The number of halogens is 2. The molecule has 0 unspecified atom stereocenters. The average Bonchev–Trinajstić information content (AvgIpc) is 3.01. The SMILES string of the molecule is CCOC(=O)N1CCC(Nc2ncc3cc(-c4cccc(NS(=O)(=O)c5cc(Cl)cnc5OC)c4F)c(=O)n(C)c3n2)CC1. The summed E-state index contributed by atoms with van der Waals surface area (Å²) in [6.45, 7) is 3.13. The normalized spacial score (nSPS) is 14.0. The van der Waals surface area contributed by atoms with E-state index in [0.29, 0.717) is 49.5 Å². The Balaban J connectivity index is 1.41. The van der Waals surface area contributed by atoms with Gasteiger partial charge in [0.1, 0.15) is 5.65 Å². The number of likely N-dealkylation sites (tertiary alicyclic amines) is 1. The van der Waals surface area contributed by atoms with Gasteiger partial charge in [0.2, 0.25) is 11.8 Å². The van der Waals surface area contributed by atoms with Gasteiger partial charge in [-0.15, -0.1) is 0 Å². The molecule has 44 heavy (non-hydrogen) atoms. The summed E-state index contributed by atoms with van der Waals surface area (Å²) in [7, 11) is -1.63. The maximum absolute atomic E-state index is 15.8. The van der Waals surface area contributed by atoms with Crippen molar-refractivity contribution in [2.45, 2.75) is 30.7 Å². The number of aromatic nitrogens is 4. The Labute approximate surface area is 257 Å². The molecule has 4 heterocycles. The number of aryl methyl sites for hydroxylation is 1. The Morgan fingerprint density at radius 3 is 2.61 bits per heavy atom. The number of carbonyl (C=O) groups excluding carboxylic acids is 1. The molecule has 0 saturated carbocycles. The van der Waals surface area contributed by atoms with Crippen molar-refractivity contribution in [2.24, 2.45) is 7.05 Å². The van der Waals surface area contributed by atoms with E-state index in [-0.39, 0.29) is 39.1 Å². The van der Waals surface area contributed by atoms with Crippen LogP contribution in [0.1, 0.15) is 19.8 Å². The third kappa shape index (κ3) is 6.24. The number of hydrogen-bond donors (Lipinski definition) is 2. The number of fused-ring (bicyclic) bond motifs is 1. The van der Waals surface area contributed by atoms with Gasteiger partial charge >= 0.3 is 6.09 Å². The van der Waals surface area contributed by atoms with Crippen molar-refractivity contribution >= 4 is 50.4 Å². The predicted octanol–water partition coefficient (Wildman–Crippen LogP) is 4.03. The van der Waals surface area contributed by atoms with Crippen molar-refractivity contribution in [2.75, 3.05) is 36.8 Å². The van der Waals surface area contributed by atoms with E-state index in [1.54, 1.807) is 11.8 Å². The first kappa shape index (κ1) is 30.9. The summed E-state index contributed by atoms with van der Waals surface area (Å²) in [4.78, 5) is 39.4. The van der Waals surface area contributed by atoms with Crippen molar-refractivity contribution in [1.29, 1.82) is 0 Å². The molecule has 13 nitrogen and oxygen atoms in total. The molecule has 2 N–H and O–H groups in total. The number of nitrogens with zero attached hydrogens (tertiary/aromatic N) is 5. The van der Waals surface area contributed by atoms with Crippen LogP contribution >= 0.6 is 11.6 Å². The van der Waals surface area contributed by atoms with Gasteiger partial charge in [0.05, 0.1) is 30.0 Å². The number of nitrogens with one attached hydrogen (secondary N) is 2. The molecule has 5 rings (SSSR count). The lowest BCUT2D eigenvalue weighted by Crippen LogP contribution is -2.42. The van der Waals surface area contributed by atoms with E-state index < -0.39 is 27.1 Å². The quantitative estimate of drug-likeness (QED) is 0.287. The van der Waals surface area contributed by atoms with Gasteiger partial charge in [-0.1, -0.05) is 23.7 Å². The third-order valence-electron chi connectivity index (χ3n) is 7.10. The molecule has 1 saturated heterocycles. The molecule has 1 fully saturated rings. The number of carbonyl (C=O) groups is 1. The van der Waals surface area contributed by atoms with Crippen LogP contribution in [0.4, 0.5) is 20.8 Å². The Morgan fingerprint density at radius 1 is 1.16 bits per heavy atom. The van der Waals surface area contributed by atoms with Gasteiger partial charge in [-0.25, -0.2) is 27.6 Å². The lowest BCUT2D eigenvalue weighted by Gasteiger charge is -2.31. The topological polar surface area (TPSA) is 158 Å². The van der Waals surface area contributed by atoms with Crippen LogP contribution in [0.25, 0.3) is 22.2 Å². The highest BCUT2D eigenvalue weighted by atomic mass is 35.5. The number of methoxy groups -OCH3 is 1. The maximum atomic E-state index is 15.8. The van der Waals surface area contributed by atoms with Crippen molar-refractivity contribution in [3.63, 3.8) is 0 Å². The summed E-state index contributed by atoms with van der Waals surface area (Å²) in [5.74, 6) is -0.879. The van der Waals surface area contributed by atoms with Gasteiger partial charge in [-0.3, -0.25) is 14.1 Å². The molecule has 0 spiro atoms. The molecule has 16 heteroatoms. The highest BCUT2D eigenvalue weighted by molar-refractivity contribution is 7.92. The number of sulfonamides is 1. The van der Waals surface area contributed by atoms with Crippen LogP contribution in [0.5, 0.6) is 5.88 Å². The Morgan fingerprint density at radius 2 is 1.91 bits per heavy atom. The highest BCUT2D eigenvalue weighted by Crippen LogP contribution is 2.31. The van der Waals surface area contributed by atoms with E-state index in [9.17, 15) is 18.0 Å². The zero-order valence-corrected chi connectivity index (χ0v) is 25.6. The van der Waals surface area contributed by atoms with Gasteiger partial charge in [0, 0.05) is 49.5 Å². The number of piperidine rings is 1. The van der Waals surface area contributed by atoms with Crippen LogP contribution < -0.4 is 20.3 Å². The van der Waals surface area contributed by atoms with E-state index in [4.69, 9.17) is 21.1 Å². The van der Waals surface area contributed by atoms with Crippen LogP contribution in [0.15, 0.2) is 52.4 Å². The molecule has 3 aromatic heterocycles. The Kier molecular flexibility index (Phi) is 8.87. The number of amides is 1. The monoisotopic (exact) mass is 645 g/mol. The Hall–Kier alpha value is -4.50. The van der Waals surface area contributed by atoms with Crippen molar-refractivity contribution in [1.82, 2.24) is 24.4 Å². The van der Waals surface area contributed by atoms with Crippen molar-refractivity contribution in [3.05, 3.63) is 63.9 Å². The fourth-order valence-electron chi connectivity index (χ4n) is 4.89. The summed E-state index contributed by atoms with van der Waals surface area (Å²) < 4.78 is 55.6. The molecule has 1 aliphatic rings. The number of rotatable bonds is 8. The molecule has 0 aliphatic carbocycles. The smallest absolute Gasteiger partial charge is 0.409 e. The van der Waals surface area contributed by atoms with Crippen LogP contribution in [0.3, 0.4) is 0 Å². The van der Waals surface area contributed by atoms with Gasteiger partial charge in [-0.2, -0.15) is 4.98 Å². The van der Waals surface area contributed by atoms with Gasteiger partial charge in [-0.05, 0) is 38.0 Å². The molecule has 232 valence electrons. The molecule has 4 aromatic rings. The lowest BCUT2D eigenvalue weighted by molar-refractivity contribution is 0.0983.